The standard InChI is InChI=1S/C38H74O5/c1-3-5-7-9-11-13-14-15-16-17-18-19-20-21-22-23-25-26-28-30-32-37(40)42-35-36(34-39)43-38(41)33-31-29-27-24-12-10-8-6-4-2/h36,39H,3-35H2,1-2H3/t36-/m0/s1. The molecule has 256 valence electrons. The molecule has 0 rings (SSSR count). The van der Waals surface area contributed by atoms with Crippen LogP contribution in [0.1, 0.15) is 213 Å². The van der Waals surface area contributed by atoms with Crippen LogP contribution < -0.4 is 0 Å². The van der Waals surface area contributed by atoms with Crippen molar-refractivity contribution in [2.45, 2.75) is 219 Å². The minimum atomic E-state index is -0.759. The van der Waals surface area contributed by atoms with Gasteiger partial charge in [0.05, 0.1) is 6.61 Å². The van der Waals surface area contributed by atoms with Gasteiger partial charge in [0.1, 0.15) is 6.61 Å². The maximum atomic E-state index is 12.1. The summed E-state index contributed by atoms with van der Waals surface area (Å²) in [6.07, 6.45) is 37.4. The van der Waals surface area contributed by atoms with E-state index in [-0.39, 0.29) is 25.2 Å². The van der Waals surface area contributed by atoms with Gasteiger partial charge in [0.15, 0.2) is 6.10 Å². The summed E-state index contributed by atoms with van der Waals surface area (Å²) in [5, 5.41) is 9.50. The molecule has 0 radical (unpaired) electrons. The topological polar surface area (TPSA) is 72.8 Å². The maximum absolute atomic E-state index is 12.1. The first-order valence-electron chi connectivity index (χ1n) is 19.1. The molecular weight excluding hydrogens is 536 g/mol. The van der Waals surface area contributed by atoms with E-state index in [4.69, 9.17) is 9.47 Å². The highest BCUT2D eigenvalue weighted by Gasteiger charge is 2.16. The third-order valence-electron chi connectivity index (χ3n) is 8.65. The largest absolute Gasteiger partial charge is 0.462 e. The van der Waals surface area contributed by atoms with E-state index in [0.29, 0.717) is 12.8 Å². The Bertz CT molecular complexity index is 579. The van der Waals surface area contributed by atoms with E-state index < -0.39 is 6.10 Å². The van der Waals surface area contributed by atoms with Crippen LogP contribution in [0.4, 0.5) is 0 Å². The minimum absolute atomic E-state index is 0.0575. The predicted octanol–water partition coefficient (Wildman–Crippen LogP) is 11.6. The van der Waals surface area contributed by atoms with Crippen molar-refractivity contribution in [1.82, 2.24) is 0 Å². The number of unbranched alkanes of at least 4 members (excludes halogenated alkanes) is 27. The van der Waals surface area contributed by atoms with Crippen molar-refractivity contribution < 1.29 is 24.2 Å². The van der Waals surface area contributed by atoms with Gasteiger partial charge in [-0.2, -0.15) is 0 Å². The summed E-state index contributed by atoms with van der Waals surface area (Å²) in [5.41, 5.74) is 0. The third kappa shape index (κ3) is 33.6. The maximum Gasteiger partial charge on any atom is 0.306 e. The molecule has 5 heteroatoms. The van der Waals surface area contributed by atoms with Gasteiger partial charge in [-0.05, 0) is 12.8 Å². The van der Waals surface area contributed by atoms with Crippen LogP contribution in [0.25, 0.3) is 0 Å². The summed E-state index contributed by atoms with van der Waals surface area (Å²) in [6, 6.07) is 0. The fourth-order valence-corrected chi connectivity index (χ4v) is 5.73. The molecule has 43 heavy (non-hydrogen) atoms. The van der Waals surface area contributed by atoms with Crippen molar-refractivity contribution >= 4 is 11.9 Å². The van der Waals surface area contributed by atoms with Gasteiger partial charge in [0, 0.05) is 12.8 Å². The molecule has 1 atom stereocenters. The lowest BCUT2D eigenvalue weighted by atomic mass is 10.0. The Balaban J connectivity index is 3.44. The SMILES string of the molecule is CCCCCCCCCCCCCCCCCCCCCCC(=O)OC[C@H](CO)OC(=O)CCCCCCCCCCC. The molecule has 0 fully saturated rings. The molecule has 0 aliphatic rings. The van der Waals surface area contributed by atoms with Gasteiger partial charge in [-0.1, -0.05) is 187 Å². The van der Waals surface area contributed by atoms with E-state index in [0.717, 1.165) is 32.1 Å². The number of aliphatic hydroxyl groups is 1. The number of hydrogen-bond donors (Lipinski definition) is 1. The van der Waals surface area contributed by atoms with E-state index >= 15 is 0 Å². The molecule has 0 aliphatic carbocycles. The van der Waals surface area contributed by atoms with Crippen molar-refractivity contribution in [1.29, 1.82) is 0 Å². The zero-order valence-electron chi connectivity index (χ0n) is 29.0. The van der Waals surface area contributed by atoms with Crippen molar-refractivity contribution in [2.75, 3.05) is 13.2 Å². The molecule has 0 saturated carbocycles. The van der Waals surface area contributed by atoms with Gasteiger partial charge in [0.2, 0.25) is 0 Å². The molecule has 0 amide bonds. The van der Waals surface area contributed by atoms with E-state index in [1.54, 1.807) is 0 Å². The average molecular weight is 611 g/mol. The van der Waals surface area contributed by atoms with Crippen LogP contribution in [-0.2, 0) is 19.1 Å². The van der Waals surface area contributed by atoms with Gasteiger partial charge in [-0.15, -0.1) is 0 Å². The smallest absolute Gasteiger partial charge is 0.306 e. The molecule has 1 N–H and O–H groups in total. The van der Waals surface area contributed by atoms with E-state index in [1.807, 2.05) is 0 Å². The highest BCUT2D eigenvalue weighted by Crippen LogP contribution is 2.15. The number of hydrogen-bond acceptors (Lipinski definition) is 5. The van der Waals surface area contributed by atoms with Crippen LogP contribution >= 0.6 is 0 Å². The Morgan fingerprint density at radius 3 is 1.02 bits per heavy atom. The predicted molar refractivity (Wildman–Crippen MR) is 182 cm³/mol. The molecule has 0 saturated heterocycles. The van der Waals surface area contributed by atoms with E-state index in [2.05, 4.69) is 13.8 Å². The van der Waals surface area contributed by atoms with Crippen molar-refractivity contribution in [2.24, 2.45) is 0 Å². The highest BCUT2D eigenvalue weighted by atomic mass is 16.6. The van der Waals surface area contributed by atoms with Crippen LogP contribution in [0.3, 0.4) is 0 Å². The van der Waals surface area contributed by atoms with Crippen molar-refractivity contribution in [3.8, 4) is 0 Å². The molecule has 0 heterocycles. The van der Waals surface area contributed by atoms with Gasteiger partial charge < -0.3 is 14.6 Å². The fourth-order valence-electron chi connectivity index (χ4n) is 5.73. The van der Waals surface area contributed by atoms with Gasteiger partial charge in [-0.25, -0.2) is 0 Å². The summed E-state index contributed by atoms with van der Waals surface area (Å²) in [5.74, 6) is -0.581. The average Bonchev–Trinajstić information content (AvgIpc) is 3.01. The first kappa shape index (κ1) is 41.9. The molecule has 0 aromatic heterocycles. The Morgan fingerprint density at radius 1 is 0.442 bits per heavy atom. The summed E-state index contributed by atoms with van der Waals surface area (Å²) in [6.45, 7) is 4.13. The zero-order valence-corrected chi connectivity index (χ0v) is 29.0. The number of rotatable bonds is 35. The summed E-state index contributed by atoms with van der Waals surface area (Å²) >= 11 is 0. The molecule has 0 spiro atoms. The molecule has 0 bridgehead atoms. The molecular formula is C38H74O5. The van der Waals surface area contributed by atoms with Crippen LogP contribution in [-0.4, -0.2) is 36.4 Å². The first-order chi connectivity index (χ1) is 21.1. The summed E-state index contributed by atoms with van der Waals surface area (Å²) in [4.78, 5) is 24.1. The Labute approximate surface area is 268 Å². The van der Waals surface area contributed by atoms with Crippen LogP contribution in [0.5, 0.6) is 0 Å². The van der Waals surface area contributed by atoms with Crippen LogP contribution in [0.2, 0.25) is 0 Å². The van der Waals surface area contributed by atoms with Gasteiger partial charge >= 0.3 is 11.9 Å². The molecule has 0 aliphatic heterocycles. The number of carbonyl (C=O) groups is 2. The quantitative estimate of drug-likeness (QED) is 0.0571. The van der Waals surface area contributed by atoms with E-state index in [1.165, 1.54) is 154 Å². The summed E-state index contributed by atoms with van der Waals surface area (Å²) in [7, 11) is 0. The minimum Gasteiger partial charge on any atom is -0.462 e. The summed E-state index contributed by atoms with van der Waals surface area (Å²) < 4.78 is 10.6. The van der Waals surface area contributed by atoms with Crippen molar-refractivity contribution in [3.05, 3.63) is 0 Å². The number of esters is 2. The second-order valence-corrected chi connectivity index (χ2v) is 13.0. The molecule has 5 nitrogen and oxygen atoms in total. The van der Waals surface area contributed by atoms with Gasteiger partial charge in [0.25, 0.3) is 0 Å². The third-order valence-corrected chi connectivity index (χ3v) is 8.65. The molecule has 0 unspecified atom stereocenters. The molecule has 0 aromatic rings. The lowest BCUT2D eigenvalue weighted by Gasteiger charge is -2.15. The lowest BCUT2D eigenvalue weighted by molar-refractivity contribution is -0.161. The zero-order chi connectivity index (χ0) is 31.5. The first-order valence-corrected chi connectivity index (χ1v) is 19.1. The second-order valence-electron chi connectivity index (χ2n) is 13.0. The van der Waals surface area contributed by atoms with Crippen LogP contribution in [0.15, 0.2) is 0 Å². The fraction of sp³-hybridized carbons (Fsp3) is 0.947. The Hall–Kier alpha value is -1.10. The molecule has 0 aromatic carbocycles. The number of ether oxygens (including phenoxy) is 2. The Morgan fingerprint density at radius 2 is 0.721 bits per heavy atom. The monoisotopic (exact) mass is 611 g/mol. The van der Waals surface area contributed by atoms with Crippen molar-refractivity contribution in [3.63, 3.8) is 0 Å². The number of aliphatic hydroxyl groups excluding tert-OH is 1. The Kier molecular flexibility index (Phi) is 34.5. The van der Waals surface area contributed by atoms with E-state index in [9.17, 15) is 14.7 Å². The number of carbonyl (C=O) groups excluding carboxylic acids is 2. The highest BCUT2D eigenvalue weighted by molar-refractivity contribution is 5.70. The lowest BCUT2D eigenvalue weighted by Crippen LogP contribution is -2.28. The normalized spacial score (nSPS) is 12.0. The van der Waals surface area contributed by atoms with Crippen LogP contribution in [0, 0.1) is 0 Å². The second kappa shape index (κ2) is 35.4. The van der Waals surface area contributed by atoms with Gasteiger partial charge in [-0.3, -0.25) is 9.59 Å².